The van der Waals surface area contributed by atoms with Gasteiger partial charge in [0, 0.05) is 12.8 Å². The van der Waals surface area contributed by atoms with E-state index in [2.05, 4.69) is 54.8 Å². The van der Waals surface area contributed by atoms with Crippen LogP contribution in [0.25, 0.3) is 0 Å². The van der Waals surface area contributed by atoms with Crippen molar-refractivity contribution in [3.63, 3.8) is 0 Å². The summed E-state index contributed by atoms with van der Waals surface area (Å²) < 4.78 is 32.5. The summed E-state index contributed by atoms with van der Waals surface area (Å²) in [6.07, 6.45) is 31.2. The standard InChI is InChI=1S/C37H67O10P/c1-3-5-7-9-11-13-15-16-17-19-21-23-25-27-29-37(41)47-35(33-46-48(42,43)45-31-34(39)30-38)32-44-36(40)28-26-24-22-20-18-14-12-10-8-6-4-2/h9-12,15-16,34-35,38-39H,3-8,13-14,17-33H2,1-2H3,(H,42,43)/b11-9-,12-10-,16-15-. The minimum atomic E-state index is -4.61. The van der Waals surface area contributed by atoms with Crippen LogP contribution in [-0.4, -0.2) is 65.7 Å². The predicted molar refractivity (Wildman–Crippen MR) is 191 cm³/mol. The Labute approximate surface area is 291 Å². The highest BCUT2D eigenvalue weighted by molar-refractivity contribution is 7.47. The molecule has 0 fully saturated rings. The average molecular weight is 703 g/mol. The lowest BCUT2D eigenvalue weighted by molar-refractivity contribution is -0.161. The Balaban J connectivity index is 4.43. The monoisotopic (exact) mass is 702 g/mol. The van der Waals surface area contributed by atoms with E-state index in [0.29, 0.717) is 12.8 Å². The third kappa shape index (κ3) is 32.7. The van der Waals surface area contributed by atoms with Crippen LogP contribution in [0.5, 0.6) is 0 Å². The van der Waals surface area contributed by atoms with Gasteiger partial charge >= 0.3 is 19.8 Å². The molecule has 48 heavy (non-hydrogen) atoms. The van der Waals surface area contributed by atoms with Crippen LogP contribution in [0.15, 0.2) is 36.5 Å². The quantitative estimate of drug-likeness (QED) is 0.0257. The van der Waals surface area contributed by atoms with Crippen LogP contribution in [0.4, 0.5) is 0 Å². The maximum absolute atomic E-state index is 12.5. The lowest BCUT2D eigenvalue weighted by atomic mass is 10.1. The summed E-state index contributed by atoms with van der Waals surface area (Å²) in [5, 5.41) is 18.2. The Kier molecular flexibility index (Phi) is 32.4. The summed E-state index contributed by atoms with van der Waals surface area (Å²) in [4.78, 5) is 34.7. The van der Waals surface area contributed by atoms with Crippen molar-refractivity contribution in [1.82, 2.24) is 0 Å². The zero-order valence-corrected chi connectivity index (χ0v) is 30.8. The molecule has 0 aromatic carbocycles. The molecule has 280 valence electrons. The summed E-state index contributed by atoms with van der Waals surface area (Å²) in [6, 6.07) is 0. The molecule has 0 amide bonds. The van der Waals surface area contributed by atoms with Gasteiger partial charge in [0.25, 0.3) is 0 Å². The number of carbonyl (C=O) groups is 2. The number of aliphatic hydroxyl groups is 2. The molecule has 0 aromatic rings. The van der Waals surface area contributed by atoms with Crippen molar-refractivity contribution in [1.29, 1.82) is 0 Å². The highest BCUT2D eigenvalue weighted by Gasteiger charge is 2.27. The second-order valence-electron chi connectivity index (χ2n) is 12.2. The summed E-state index contributed by atoms with van der Waals surface area (Å²) in [5.41, 5.74) is 0. The van der Waals surface area contributed by atoms with Gasteiger partial charge in [-0.1, -0.05) is 115 Å². The molecule has 10 nitrogen and oxygen atoms in total. The number of unbranched alkanes of at least 4 members (excludes halogenated alkanes) is 14. The van der Waals surface area contributed by atoms with Crippen molar-refractivity contribution in [2.75, 3.05) is 26.4 Å². The average Bonchev–Trinajstić information content (AvgIpc) is 3.07. The molecule has 0 spiro atoms. The van der Waals surface area contributed by atoms with Gasteiger partial charge in [0.15, 0.2) is 6.10 Å². The Morgan fingerprint density at radius 1 is 0.625 bits per heavy atom. The van der Waals surface area contributed by atoms with Crippen molar-refractivity contribution in [3.05, 3.63) is 36.5 Å². The topological polar surface area (TPSA) is 149 Å². The molecule has 0 rings (SSSR count). The zero-order chi connectivity index (χ0) is 35.6. The number of carbonyl (C=O) groups excluding carboxylic acids is 2. The van der Waals surface area contributed by atoms with E-state index in [1.807, 2.05) is 0 Å². The Bertz CT molecular complexity index is 905. The molecule has 0 saturated heterocycles. The fraction of sp³-hybridized carbons (Fsp3) is 0.784. The molecule has 0 bridgehead atoms. The molecule has 0 heterocycles. The first-order chi connectivity index (χ1) is 23.2. The molecule has 0 radical (unpaired) electrons. The highest BCUT2D eigenvalue weighted by atomic mass is 31.2. The SMILES string of the molecule is CCCC/C=C\C/C=C\CCCCCCCC(=O)OC(COC(=O)CCCCCCC/C=C\CCCC)COP(=O)(O)OCC(O)CO. The minimum Gasteiger partial charge on any atom is -0.462 e. The van der Waals surface area contributed by atoms with Crippen LogP contribution in [0.2, 0.25) is 0 Å². The second kappa shape index (κ2) is 33.7. The number of allylic oxidation sites excluding steroid dienone is 6. The van der Waals surface area contributed by atoms with E-state index >= 15 is 0 Å². The van der Waals surface area contributed by atoms with E-state index in [4.69, 9.17) is 19.1 Å². The molecule has 3 atom stereocenters. The number of hydrogen-bond acceptors (Lipinski definition) is 9. The number of rotatable bonds is 34. The van der Waals surface area contributed by atoms with Gasteiger partial charge in [0.05, 0.1) is 19.8 Å². The molecule has 0 aliphatic carbocycles. The third-order valence-corrected chi connectivity index (χ3v) is 8.47. The van der Waals surface area contributed by atoms with Gasteiger partial charge in [-0.15, -0.1) is 0 Å². The van der Waals surface area contributed by atoms with Gasteiger partial charge in [0.2, 0.25) is 0 Å². The van der Waals surface area contributed by atoms with Gasteiger partial charge in [-0.2, -0.15) is 0 Å². The van der Waals surface area contributed by atoms with Crippen LogP contribution in [0, 0.1) is 0 Å². The highest BCUT2D eigenvalue weighted by Crippen LogP contribution is 2.43. The van der Waals surface area contributed by atoms with Crippen molar-refractivity contribution < 1.29 is 47.8 Å². The van der Waals surface area contributed by atoms with E-state index in [1.54, 1.807) is 0 Å². The number of phosphoric acid groups is 1. The zero-order valence-electron chi connectivity index (χ0n) is 29.9. The van der Waals surface area contributed by atoms with Gasteiger partial charge in [-0.25, -0.2) is 4.57 Å². The van der Waals surface area contributed by atoms with E-state index in [-0.39, 0.29) is 19.4 Å². The van der Waals surface area contributed by atoms with Crippen LogP contribution < -0.4 is 0 Å². The van der Waals surface area contributed by atoms with E-state index in [9.17, 15) is 24.2 Å². The number of hydrogen-bond donors (Lipinski definition) is 3. The first-order valence-electron chi connectivity index (χ1n) is 18.4. The lowest BCUT2D eigenvalue weighted by Crippen LogP contribution is -2.29. The molecule has 3 unspecified atom stereocenters. The lowest BCUT2D eigenvalue weighted by Gasteiger charge is -2.20. The van der Waals surface area contributed by atoms with Crippen LogP contribution in [0.1, 0.15) is 149 Å². The number of aliphatic hydroxyl groups excluding tert-OH is 2. The first-order valence-corrected chi connectivity index (χ1v) is 19.9. The molecule has 0 saturated carbocycles. The summed E-state index contributed by atoms with van der Waals surface area (Å²) in [6.45, 7) is 2.24. The largest absolute Gasteiger partial charge is 0.472 e. The van der Waals surface area contributed by atoms with E-state index in [1.165, 1.54) is 25.7 Å². The Hall–Kier alpha value is -1.81. The fourth-order valence-electron chi connectivity index (χ4n) is 4.58. The second-order valence-corrected chi connectivity index (χ2v) is 13.7. The van der Waals surface area contributed by atoms with Crippen molar-refractivity contribution in [3.8, 4) is 0 Å². The van der Waals surface area contributed by atoms with E-state index < -0.39 is 51.8 Å². The van der Waals surface area contributed by atoms with Crippen molar-refractivity contribution in [2.24, 2.45) is 0 Å². The molecule has 0 aliphatic rings. The number of phosphoric ester groups is 1. The van der Waals surface area contributed by atoms with Crippen LogP contribution >= 0.6 is 7.82 Å². The Morgan fingerprint density at radius 3 is 1.62 bits per heavy atom. The number of ether oxygens (including phenoxy) is 2. The fourth-order valence-corrected chi connectivity index (χ4v) is 5.37. The van der Waals surface area contributed by atoms with E-state index in [0.717, 1.165) is 83.5 Å². The molecule has 11 heteroatoms. The van der Waals surface area contributed by atoms with Gasteiger partial charge < -0.3 is 24.6 Å². The number of esters is 2. The normalized spacial score (nSPS) is 14.5. The van der Waals surface area contributed by atoms with Gasteiger partial charge in [-0.3, -0.25) is 18.6 Å². The van der Waals surface area contributed by atoms with Crippen molar-refractivity contribution in [2.45, 2.75) is 161 Å². The maximum atomic E-state index is 12.5. The summed E-state index contributed by atoms with van der Waals surface area (Å²) >= 11 is 0. The first kappa shape index (κ1) is 46.2. The smallest absolute Gasteiger partial charge is 0.462 e. The molecule has 0 aromatic heterocycles. The predicted octanol–water partition coefficient (Wildman–Crippen LogP) is 8.83. The minimum absolute atomic E-state index is 0.166. The summed E-state index contributed by atoms with van der Waals surface area (Å²) in [7, 11) is -4.61. The summed E-state index contributed by atoms with van der Waals surface area (Å²) in [5.74, 6) is -0.957. The Morgan fingerprint density at radius 2 is 1.08 bits per heavy atom. The van der Waals surface area contributed by atoms with Crippen molar-refractivity contribution >= 4 is 19.8 Å². The maximum Gasteiger partial charge on any atom is 0.472 e. The molecule has 0 aliphatic heterocycles. The van der Waals surface area contributed by atoms with Crippen LogP contribution in [0.3, 0.4) is 0 Å². The van der Waals surface area contributed by atoms with Gasteiger partial charge in [0.1, 0.15) is 12.7 Å². The van der Waals surface area contributed by atoms with Crippen LogP contribution in [-0.2, 0) is 32.7 Å². The molecular weight excluding hydrogens is 635 g/mol. The third-order valence-electron chi connectivity index (χ3n) is 7.52. The van der Waals surface area contributed by atoms with Gasteiger partial charge in [-0.05, 0) is 57.8 Å². The molecular formula is C37H67O10P. The molecule has 3 N–H and O–H groups in total.